The predicted octanol–water partition coefficient (Wildman–Crippen LogP) is 10.7. The van der Waals surface area contributed by atoms with Gasteiger partial charge in [0, 0.05) is 17.4 Å². The van der Waals surface area contributed by atoms with Crippen LogP contribution < -0.4 is 9.47 Å². The van der Waals surface area contributed by atoms with E-state index in [0.717, 1.165) is 52.8 Å². The Balaban J connectivity index is 1.45. The fraction of sp³-hybridized carbons (Fsp3) is 0.528. The molecule has 3 heteroatoms. The van der Waals surface area contributed by atoms with Gasteiger partial charge in [0.15, 0.2) is 5.78 Å². The summed E-state index contributed by atoms with van der Waals surface area (Å²) in [6, 6.07) is 20.3. The van der Waals surface area contributed by atoms with Crippen molar-refractivity contribution in [3.8, 4) is 11.5 Å². The van der Waals surface area contributed by atoms with Gasteiger partial charge in [0.2, 0.25) is 0 Å². The zero-order valence-electron chi connectivity index (χ0n) is 24.7. The van der Waals surface area contributed by atoms with Crippen LogP contribution in [0.2, 0.25) is 0 Å². The molecule has 3 rings (SSSR count). The van der Waals surface area contributed by atoms with E-state index < -0.39 is 0 Å². The third kappa shape index (κ3) is 11.1. The molecule has 0 saturated heterocycles. The number of carbonyl (C=O) groups is 1. The van der Waals surface area contributed by atoms with Crippen LogP contribution in [0.15, 0.2) is 60.7 Å². The number of hydrogen-bond acceptors (Lipinski definition) is 3. The quantitative estimate of drug-likeness (QED) is 0.108. The molecular formula is C36H50O3. The van der Waals surface area contributed by atoms with Gasteiger partial charge < -0.3 is 9.47 Å². The molecule has 0 saturated carbocycles. The van der Waals surface area contributed by atoms with Gasteiger partial charge in [-0.3, -0.25) is 4.79 Å². The summed E-state index contributed by atoms with van der Waals surface area (Å²) in [5.41, 5.74) is 1.86. The maximum absolute atomic E-state index is 12.7. The van der Waals surface area contributed by atoms with Crippen LogP contribution in [0.1, 0.15) is 120 Å². The predicted molar refractivity (Wildman–Crippen MR) is 165 cm³/mol. The molecule has 0 unspecified atom stereocenters. The van der Waals surface area contributed by atoms with E-state index in [0.29, 0.717) is 18.9 Å². The SMILES string of the molecule is CCCCCCCCCCOc1ccc2c(OCc3ccc(C(=O)C[C@H](C)CCCCC)cc3)cccc2c1. The zero-order chi connectivity index (χ0) is 27.7. The van der Waals surface area contributed by atoms with E-state index in [1.54, 1.807) is 0 Å². The Bertz CT molecular complexity index is 1100. The zero-order valence-corrected chi connectivity index (χ0v) is 24.7. The van der Waals surface area contributed by atoms with E-state index in [4.69, 9.17) is 9.47 Å². The first kappa shape index (κ1) is 30.7. The molecule has 0 spiro atoms. The lowest BCUT2D eigenvalue weighted by molar-refractivity contribution is 0.0962. The maximum atomic E-state index is 12.7. The third-order valence-electron chi connectivity index (χ3n) is 7.58. The topological polar surface area (TPSA) is 35.5 Å². The molecule has 0 aromatic heterocycles. The molecule has 0 aliphatic rings. The average molecular weight is 531 g/mol. The number of unbranched alkanes of at least 4 members (excludes halogenated alkanes) is 9. The van der Waals surface area contributed by atoms with Crippen LogP contribution in [0.25, 0.3) is 10.8 Å². The molecule has 3 aromatic carbocycles. The first-order valence-electron chi connectivity index (χ1n) is 15.5. The van der Waals surface area contributed by atoms with Crippen LogP contribution in [0.5, 0.6) is 11.5 Å². The number of hydrogen-bond donors (Lipinski definition) is 0. The number of rotatable bonds is 20. The summed E-state index contributed by atoms with van der Waals surface area (Å²) in [6.07, 6.45) is 15.9. The monoisotopic (exact) mass is 530 g/mol. The van der Waals surface area contributed by atoms with Crippen LogP contribution in [0.3, 0.4) is 0 Å². The number of carbonyl (C=O) groups excluding carboxylic acids is 1. The summed E-state index contributed by atoms with van der Waals surface area (Å²) in [4.78, 5) is 12.7. The van der Waals surface area contributed by atoms with Crippen molar-refractivity contribution in [2.45, 2.75) is 111 Å². The highest BCUT2D eigenvalue weighted by molar-refractivity contribution is 5.96. The van der Waals surface area contributed by atoms with Crippen molar-refractivity contribution in [3.63, 3.8) is 0 Å². The van der Waals surface area contributed by atoms with Crippen LogP contribution in [0, 0.1) is 5.92 Å². The van der Waals surface area contributed by atoms with E-state index in [1.165, 1.54) is 64.2 Å². The standard InChI is InChI=1S/C36H50O3/c1-4-6-8-9-10-11-12-14-25-38-33-23-24-34-32(27-33)17-15-18-36(34)39-28-30-19-21-31(22-20-30)35(37)26-29(3)16-13-7-5-2/h15,17-24,27,29H,4-14,16,25-26,28H2,1-3H3/t29-/m1/s1. The van der Waals surface area contributed by atoms with E-state index in [9.17, 15) is 4.79 Å². The lowest BCUT2D eigenvalue weighted by Gasteiger charge is -2.12. The van der Waals surface area contributed by atoms with Crippen LogP contribution in [0.4, 0.5) is 0 Å². The van der Waals surface area contributed by atoms with Crippen LogP contribution in [-0.2, 0) is 6.61 Å². The second-order valence-corrected chi connectivity index (χ2v) is 11.2. The van der Waals surface area contributed by atoms with E-state index in [2.05, 4.69) is 39.0 Å². The third-order valence-corrected chi connectivity index (χ3v) is 7.58. The highest BCUT2D eigenvalue weighted by atomic mass is 16.5. The number of ether oxygens (including phenoxy) is 2. The van der Waals surface area contributed by atoms with Gasteiger partial charge in [0.1, 0.15) is 18.1 Å². The highest BCUT2D eigenvalue weighted by Gasteiger charge is 2.12. The molecule has 0 radical (unpaired) electrons. The summed E-state index contributed by atoms with van der Waals surface area (Å²) in [7, 11) is 0. The second-order valence-electron chi connectivity index (χ2n) is 11.2. The summed E-state index contributed by atoms with van der Waals surface area (Å²) in [6.45, 7) is 7.91. The smallest absolute Gasteiger partial charge is 0.163 e. The Morgan fingerprint density at radius 2 is 1.44 bits per heavy atom. The molecule has 0 bridgehead atoms. The van der Waals surface area contributed by atoms with Gasteiger partial charge in [-0.1, -0.05) is 128 Å². The van der Waals surface area contributed by atoms with Crippen molar-refractivity contribution in [1.29, 1.82) is 0 Å². The van der Waals surface area contributed by atoms with Crippen molar-refractivity contribution in [2.75, 3.05) is 6.61 Å². The molecule has 0 aliphatic carbocycles. The van der Waals surface area contributed by atoms with E-state index in [1.807, 2.05) is 42.5 Å². The molecule has 39 heavy (non-hydrogen) atoms. The number of Topliss-reactive ketones (excluding diaryl/α,β-unsaturated/α-hetero) is 1. The number of benzene rings is 3. The lowest BCUT2D eigenvalue weighted by atomic mass is 9.94. The lowest BCUT2D eigenvalue weighted by Crippen LogP contribution is -2.06. The Morgan fingerprint density at radius 1 is 0.744 bits per heavy atom. The molecule has 0 heterocycles. The summed E-state index contributed by atoms with van der Waals surface area (Å²) in [5, 5.41) is 2.20. The molecule has 0 amide bonds. The van der Waals surface area contributed by atoms with Crippen LogP contribution >= 0.6 is 0 Å². The van der Waals surface area contributed by atoms with Crippen molar-refractivity contribution in [1.82, 2.24) is 0 Å². The summed E-state index contributed by atoms with van der Waals surface area (Å²) in [5.74, 6) is 2.46. The molecule has 212 valence electrons. The Kier molecular flexibility index (Phi) is 14.0. The van der Waals surface area contributed by atoms with Gasteiger partial charge in [-0.25, -0.2) is 0 Å². The molecule has 0 fully saturated rings. The van der Waals surface area contributed by atoms with Gasteiger partial charge in [-0.15, -0.1) is 0 Å². The maximum Gasteiger partial charge on any atom is 0.163 e. The molecular weight excluding hydrogens is 480 g/mol. The van der Waals surface area contributed by atoms with Crippen LogP contribution in [-0.4, -0.2) is 12.4 Å². The second kappa shape index (κ2) is 17.7. The average Bonchev–Trinajstić information content (AvgIpc) is 2.95. The Labute approximate surface area is 237 Å². The summed E-state index contributed by atoms with van der Waals surface area (Å²) >= 11 is 0. The summed E-state index contributed by atoms with van der Waals surface area (Å²) < 4.78 is 12.2. The molecule has 1 atom stereocenters. The molecule has 0 aliphatic heterocycles. The fourth-order valence-corrected chi connectivity index (χ4v) is 5.10. The molecule has 3 nitrogen and oxygen atoms in total. The minimum absolute atomic E-state index is 0.237. The molecule has 3 aromatic rings. The van der Waals surface area contributed by atoms with Gasteiger partial charge in [0.25, 0.3) is 0 Å². The number of ketones is 1. The fourth-order valence-electron chi connectivity index (χ4n) is 5.10. The highest BCUT2D eigenvalue weighted by Crippen LogP contribution is 2.29. The van der Waals surface area contributed by atoms with Gasteiger partial charge in [-0.05, 0) is 47.6 Å². The minimum Gasteiger partial charge on any atom is -0.494 e. The van der Waals surface area contributed by atoms with Crippen molar-refractivity contribution >= 4 is 16.6 Å². The minimum atomic E-state index is 0.237. The van der Waals surface area contributed by atoms with Gasteiger partial charge in [0.05, 0.1) is 6.61 Å². The first-order valence-corrected chi connectivity index (χ1v) is 15.5. The molecule has 0 N–H and O–H groups in total. The Morgan fingerprint density at radius 3 is 2.18 bits per heavy atom. The van der Waals surface area contributed by atoms with E-state index in [-0.39, 0.29) is 5.78 Å². The number of fused-ring (bicyclic) bond motifs is 1. The van der Waals surface area contributed by atoms with Crippen molar-refractivity contribution < 1.29 is 14.3 Å². The Hall–Kier alpha value is -2.81. The van der Waals surface area contributed by atoms with E-state index >= 15 is 0 Å². The van der Waals surface area contributed by atoms with Crippen molar-refractivity contribution in [2.24, 2.45) is 5.92 Å². The largest absolute Gasteiger partial charge is 0.494 e. The van der Waals surface area contributed by atoms with Gasteiger partial charge >= 0.3 is 0 Å². The van der Waals surface area contributed by atoms with Crippen molar-refractivity contribution in [3.05, 3.63) is 71.8 Å². The van der Waals surface area contributed by atoms with Gasteiger partial charge in [-0.2, -0.15) is 0 Å². The first-order chi connectivity index (χ1) is 19.1. The normalized spacial score (nSPS) is 12.0.